The molecule has 7 aromatic rings. The molecule has 7 aromatic carbocycles. The molecule has 0 heteroatoms. The normalized spacial score (nSPS) is 15.2. The van der Waals surface area contributed by atoms with E-state index in [0.717, 1.165) is 0 Å². The van der Waals surface area contributed by atoms with Crippen molar-refractivity contribution in [2.24, 2.45) is 0 Å². The molecule has 2 aliphatic rings. The van der Waals surface area contributed by atoms with Gasteiger partial charge in [0.25, 0.3) is 0 Å². The van der Waals surface area contributed by atoms with Crippen molar-refractivity contribution >= 4 is 21.5 Å². The molecular formula is C45H36. The molecule has 0 amide bonds. The summed E-state index contributed by atoms with van der Waals surface area (Å²) in [5.41, 5.74) is 15.1. The van der Waals surface area contributed by atoms with Gasteiger partial charge in [-0.25, -0.2) is 0 Å². The van der Waals surface area contributed by atoms with Gasteiger partial charge >= 0.3 is 0 Å². The van der Waals surface area contributed by atoms with Crippen molar-refractivity contribution in [3.05, 3.63) is 178 Å². The maximum atomic E-state index is 2.52. The Balaban J connectivity index is 1.22. The molecule has 0 unspecified atom stereocenters. The molecule has 45 heavy (non-hydrogen) atoms. The first-order valence-electron chi connectivity index (χ1n) is 16.2. The monoisotopic (exact) mass is 576 g/mol. The van der Waals surface area contributed by atoms with Gasteiger partial charge in [0.2, 0.25) is 0 Å². The van der Waals surface area contributed by atoms with Crippen LogP contribution in [0.3, 0.4) is 0 Å². The van der Waals surface area contributed by atoms with Crippen LogP contribution < -0.4 is 0 Å². The summed E-state index contributed by atoms with van der Waals surface area (Å²) in [5.74, 6) is 0.134. The molecule has 0 N–H and O–H groups in total. The molecule has 0 saturated carbocycles. The zero-order chi connectivity index (χ0) is 30.5. The number of hydrogen-bond donors (Lipinski definition) is 0. The Kier molecular flexibility index (Phi) is 5.46. The second-order valence-corrected chi connectivity index (χ2v) is 14.1. The van der Waals surface area contributed by atoms with Gasteiger partial charge in [-0.3, -0.25) is 0 Å². The lowest BCUT2D eigenvalue weighted by molar-refractivity contribution is 0.663. The van der Waals surface area contributed by atoms with Crippen molar-refractivity contribution < 1.29 is 0 Å². The molecule has 2 aliphatic carbocycles. The highest BCUT2D eigenvalue weighted by Gasteiger charge is 2.39. The van der Waals surface area contributed by atoms with Crippen LogP contribution in [0, 0.1) is 0 Å². The summed E-state index contributed by atoms with van der Waals surface area (Å²) >= 11 is 0. The van der Waals surface area contributed by atoms with Gasteiger partial charge in [0, 0.05) is 16.7 Å². The van der Waals surface area contributed by atoms with E-state index in [0.29, 0.717) is 0 Å². The van der Waals surface area contributed by atoms with E-state index in [1.54, 1.807) is 0 Å². The summed E-state index contributed by atoms with van der Waals surface area (Å²) in [6.07, 6.45) is 0. The van der Waals surface area contributed by atoms with Gasteiger partial charge in [-0.1, -0.05) is 167 Å². The second-order valence-electron chi connectivity index (χ2n) is 14.1. The van der Waals surface area contributed by atoms with Crippen molar-refractivity contribution in [3.8, 4) is 22.3 Å². The van der Waals surface area contributed by atoms with Crippen LogP contribution in [0.5, 0.6) is 0 Å². The molecule has 0 aromatic heterocycles. The lowest BCUT2D eigenvalue weighted by Gasteiger charge is -2.27. The molecule has 0 spiro atoms. The molecule has 0 heterocycles. The van der Waals surface area contributed by atoms with E-state index in [2.05, 4.69) is 167 Å². The molecule has 0 bridgehead atoms. The van der Waals surface area contributed by atoms with Crippen LogP contribution >= 0.6 is 0 Å². The van der Waals surface area contributed by atoms with Gasteiger partial charge < -0.3 is 0 Å². The summed E-state index contributed by atoms with van der Waals surface area (Å²) in [6.45, 7) is 9.63. The van der Waals surface area contributed by atoms with Gasteiger partial charge in [-0.2, -0.15) is 0 Å². The Morgan fingerprint density at radius 1 is 0.378 bits per heavy atom. The molecule has 9 rings (SSSR count). The number of hydrogen-bond acceptors (Lipinski definition) is 0. The van der Waals surface area contributed by atoms with Crippen molar-refractivity contribution in [3.63, 3.8) is 0 Å². The van der Waals surface area contributed by atoms with Crippen LogP contribution in [-0.4, -0.2) is 0 Å². The molecule has 0 fully saturated rings. The smallest absolute Gasteiger partial charge is 0.0340 e. The largest absolute Gasteiger partial charge is 0.0622 e. The predicted molar refractivity (Wildman–Crippen MR) is 190 cm³/mol. The Hall–Kier alpha value is -4.94. The lowest BCUT2D eigenvalue weighted by atomic mass is 9.76. The van der Waals surface area contributed by atoms with E-state index in [1.165, 1.54) is 82.7 Å². The highest BCUT2D eigenvalue weighted by Crippen LogP contribution is 2.54. The van der Waals surface area contributed by atoms with E-state index in [-0.39, 0.29) is 16.7 Å². The quantitative estimate of drug-likeness (QED) is 0.184. The van der Waals surface area contributed by atoms with E-state index in [4.69, 9.17) is 0 Å². The van der Waals surface area contributed by atoms with Crippen molar-refractivity contribution in [2.45, 2.75) is 44.4 Å². The van der Waals surface area contributed by atoms with Crippen LogP contribution in [0.25, 0.3) is 43.8 Å². The zero-order valence-corrected chi connectivity index (χ0v) is 26.4. The second kappa shape index (κ2) is 9.29. The maximum absolute atomic E-state index is 2.52. The lowest BCUT2D eigenvalue weighted by Crippen LogP contribution is -2.17. The molecular weight excluding hydrogens is 540 g/mol. The molecule has 0 saturated heterocycles. The van der Waals surface area contributed by atoms with Gasteiger partial charge in [-0.05, 0) is 82.7 Å². The van der Waals surface area contributed by atoms with Gasteiger partial charge in [0.15, 0.2) is 0 Å². The molecule has 0 radical (unpaired) electrons. The summed E-state index contributed by atoms with van der Waals surface area (Å²) in [5, 5.41) is 5.36. The van der Waals surface area contributed by atoms with Crippen LogP contribution in [0.2, 0.25) is 0 Å². The third-order valence-corrected chi connectivity index (χ3v) is 10.9. The summed E-state index contributed by atoms with van der Waals surface area (Å²) in [4.78, 5) is 0. The Labute approximate surface area is 266 Å². The first-order chi connectivity index (χ1) is 21.8. The van der Waals surface area contributed by atoms with Crippen LogP contribution in [-0.2, 0) is 10.8 Å². The van der Waals surface area contributed by atoms with Crippen molar-refractivity contribution in [1.82, 2.24) is 0 Å². The van der Waals surface area contributed by atoms with Gasteiger partial charge in [0.1, 0.15) is 0 Å². The molecule has 0 atom stereocenters. The van der Waals surface area contributed by atoms with Gasteiger partial charge in [-0.15, -0.1) is 0 Å². The molecule has 216 valence electrons. The first-order valence-corrected chi connectivity index (χ1v) is 16.2. The summed E-state index contributed by atoms with van der Waals surface area (Å²) in [6, 6.07) is 52.6. The zero-order valence-electron chi connectivity index (χ0n) is 26.4. The van der Waals surface area contributed by atoms with Crippen LogP contribution in [0.4, 0.5) is 0 Å². The van der Waals surface area contributed by atoms with E-state index < -0.39 is 0 Å². The standard InChI is InChI=1S/C45H36/c1-44(2)39-26-31(20-22-35(39)37-24-18-28-12-8-10-16-33(28)42(37)44)41(30-14-6-5-7-15-30)32-21-23-36-38-25-19-29-13-9-11-17-34(29)43(38)45(3,4)40(36)27-32/h5-27,41H,1-4H3. The number of fused-ring (bicyclic) bond motifs is 10. The van der Waals surface area contributed by atoms with Crippen molar-refractivity contribution in [2.75, 3.05) is 0 Å². The number of rotatable bonds is 3. The predicted octanol–water partition coefficient (Wildman–Crippen LogP) is 11.8. The molecule has 0 aliphatic heterocycles. The fourth-order valence-corrected chi connectivity index (χ4v) is 8.82. The summed E-state index contributed by atoms with van der Waals surface area (Å²) in [7, 11) is 0. The highest BCUT2D eigenvalue weighted by atomic mass is 14.4. The Morgan fingerprint density at radius 2 is 0.800 bits per heavy atom. The third-order valence-electron chi connectivity index (χ3n) is 10.9. The minimum atomic E-state index is -0.0919. The van der Waals surface area contributed by atoms with Crippen LogP contribution in [0.1, 0.15) is 72.6 Å². The highest BCUT2D eigenvalue weighted by molar-refractivity contribution is 5.98. The topological polar surface area (TPSA) is 0 Å². The van der Waals surface area contributed by atoms with Crippen LogP contribution in [0.15, 0.2) is 140 Å². The minimum Gasteiger partial charge on any atom is -0.0622 e. The fraction of sp³-hybridized carbons (Fsp3) is 0.156. The maximum Gasteiger partial charge on any atom is 0.0340 e. The Bertz CT molecular complexity index is 2170. The first kappa shape index (κ1) is 26.5. The fourth-order valence-electron chi connectivity index (χ4n) is 8.82. The SMILES string of the molecule is CC1(C)c2cc(C(c3ccccc3)c3ccc4c(c3)C(C)(C)c3c-4ccc4ccccc34)ccc2-c2ccc3ccccc3c21. The average molecular weight is 577 g/mol. The number of benzene rings is 7. The van der Waals surface area contributed by atoms with Crippen molar-refractivity contribution in [1.29, 1.82) is 0 Å². The molecule has 0 nitrogen and oxygen atoms in total. The van der Waals surface area contributed by atoms with E-state index >= 15 is 0 Å². The minimum absolute atomic E-state index is 0.0919. The average Bonchev–Trinajstić information content (AvgIpc) is 3.45. The summed E-state index contributed by atoms with van der Waals surface area (Å²) < 4.78 is 0. The van der Waals surface area contributed by atoms with E-state index in [1.807, 2.05) is 0 Å². The third kappa shape index (κ3) is 3.66. The van der Waals surface area contributed by atoms with E-state index in [9.17, 15) is 0 Å². The Morgan fingerprint density at radius 3 is 1.29 bits per heavy atom. The van der Waals surface area contributed by atoms with Gasteiger partial charge in [0.05, 0.1) is 0 Å².